The first-order valence-electron chi connectivity index (χ1n) is 36.4. The molecule has 84 heavy (non-hydrogen) atoms. The van der Waals surface area contributed by atoms with Crippen molar-refractivity contribution in [3.63, 3.8) is 0 Å². The second-order valence-corrected chi connectivity index (χ2v) is 25.2. The van der Waals surface area contributed by atoms with Gasteiger partial charge in [0.25, 0.3) is 0 Å². The van der Waals surface area contributed by atoms with Gasteiger partial charge in [0, 0.05) is 24.5 Å². The van der Waals surface area contributed by atoms with Crippen LogP contribution in [0.3, 0.4) is 0 Å². The summed E-state index contributed by atoms with van der Waals surface area (Å²) in [4.78, 5) is 9.81. The van der Waals surface area contributed by atoms with Gasteiger partial charge < -0.3 is 18.9 Å². The number of benzene rings is 2. The van der Waals surface area contributed by atoms with Gasteiger partial charge in [0.15, 0.2) is 0 Å². The average Bonchev–Trinajstić information content (AvgIpc) is 3.63. The van der Waals surface area contributed by atoms with E-state index in [4.69, 9.17) is 28.9 Å². The summed E-state index contributed by atoms with van der Waals surface area (Å²) >= 11 is 0. The van der Waals surface area contributed by atoms with E-state index in [1.807, 2.05) is 12.4 Å². The number of hydrogen-bond acceptors (Lipinski definition) is 6. The molecule has 0 aliphatic carbocycles. The number of nitrogens with zero attached hydrogens (tertiary/aromatic N) is 2. The number of ether oxygens (including phenoxy) is 4. The van der Waals surface area contributed by atoms with Crippen LogP contribution in [0.15, 0.2) is 73.1 Å². The minimum atomic E-state index is 0.717. The van der Waals surface area contributed by atoms with Gasteiger partial charge in [-0.15, -0.1) is 0 Å². The standard InChI is InChI=1S/C78H128N2O4/c1-5-9-13-17-21-25-29-33-37-41-45-49-57-81-73-61-71(62-74(67-73)82-58-50-46-42-38-34-30-26-22-18-14-10-6-2)69-53-55-79-77(65-69)78-66-70(54-56-80-78)72-63-75(83-59-51-47-43-39-35-31-27-23-19-15-11-7-3)68-76(64-72)84-60-52-48-44-40-36-32-28-24-20-16-12-8-4/h53-56,61-68H,5-52,57-60H2,1-4H3. The third kappa shape index (κ3) is 36.8. The van der Waals surface area contributed by atoms with Gasteiger partial charge in [0.1, 0.15) is 23.0 Å². The first kappa shape index (κ1) is 72.4. The van der Waals surface area contributed by atoms with E-state index in [2.05, 4.69) is 88.4 Å². The molecule has 6 nitrogen and oxygen atoms in total. The summed E-state index contributed by atoms with van der Waals surface area (Å²) < 4.78 is 26.1. The van der Waals surface area contributed by atoms with Gasteiger partial charge >= 0.3 is 0 Å². The maximum atomic E-state index is 6.53. The average molecular weight is 1160 g/mol. The molecule has 474 valence electrons. The molecular weight excluding hydrogens is 1030 g/mol. The molecule has 0 fully saturated rings. The smallest absolute Gasteiger partial charge is 0.123 e. The summed E-state index contributed by atoms with van der Waals surface area (Å²) in [5, 5.41) is 0. The maximum absolute atomic E-state index is 6.53. The predicted molar refractivity (Wildman–Crippen MR) is 365 cm³/mol. The lowest BCUT2D eigenvalue weighted by molar-refractivity contribution is 0.289. The molecule has 2 heterocycles. The normalized spacial score (nSPS) is 11.4. The van der Waals surface area contributed by atoms with Crippen molar-refractivity contribution in [3.8, 4) is 56.6 Å². The summed E-state index contributed by atoms with van der Waals surface area (Å²) in [6.45, 7) is 12.1. The molecule has 0 unspecified atom stereocenters. The summed E-state index contributed by atoms with van der Waals surface area (Å²) in [6.07, 6.45) is 67.8. The van der Waals surface area contributed by atoms with Crippen molar-refractivity contribution in [3.05, 3.63) is 73.1 Å². The van der Waals surface area contributed by atoms with Crippen molar-refractivity contribution in [2.24, 2.45) is 0 Å². The van der Waals surface area contributed by atoms with Crippen LogP contribution in [0.2, 0.25) is 0 Å². The Kier molecular flexibility index (Phi) is 44.9. The molecule has 0 atom stereocenters. The monoisotopic (exact) mass is 1160 g/mol. The molecule has 2 aromatic carbocycles. The van der Waals surface area contributed by atoms with Crippen molar-refractivity contribution in [2.45, 2.75) is 336 Å². The Labute approximate surface area is 518 Å². The summed E-state index contributed by atoms with van der Waals surface area (Å²) in [5.74, 6) is 3.49. The lowest BCUT2D eigenvalue weighted by Gasteiger charge is -2.14. The lowest BCUT2D eigenvalue weighted by atomic mass is 10.0. The van der Waals surface area contributed by atoms with Gasteiger partial charge in [-0.2, -0.15) is 0 Å². The van der Waals surface area contributed by atoms with E-state index in [0.29, 0.717) is 0 Å². The SMILES string of the molecule is CCCCCCCCCCCCCCOc1cc(OCCCCCCCCCCCCCC)cc(-c2ccnc(-c3cc(-c4cc(OCCCCCCCCCCCCCC)cc(OCCCCCCCCCCCCCC)c4)ccn3)c2)c1. The molecule has 0 aliphatic heterocycles. The molecule has 4 aromatic rings. The van der Waals surface area contributed by atoms with Crippen LogP contribution in [0, 0.1) is 0 Å². The minimum Gasteiger partial charge on any atom is -0.493 e. The third-order valence-corrected chi connectivity index (χ3v) is 17.3. The van der Waals surface area contributed by atoms with E-state index in [1.54, 1.807) is 0 Å². The number of hydrogen-bond donors (Lipinski definition) is 0. The van der Waals surface area contributed by atoms with Crippen molar-refractivity contribution >= 4 is 0 Å². The summed E-state index contributed by atoms with van der Waals surface area (Å²) in [5.41, 5.74) is 5.94. The second kappa shape index (κ2) is 52.1. The zero-order valence-electron chi connectivity index (χ0n) is 55.2. The number of pyridine rings is 2. The fourth-order valence-corrected chi connectivity index (χ4v) is 11.8. The van der Waals surface area contributed by atoms with Crippen LogP contribution in [-0.4, -0.2) is 36.4 Å². The van der Waals surface area contributed by atoms with E-state index < -0.39 is 0 Å². The fraction of sp³-hybridized carbons (Fsp3) is 0.718. The molecule has 0 spiro atoms. The molecule has 0 saturated heterocycles. The third-order valence-electron chi connectivity index (χ3n) is 17.3. The molecule has 6 heteroatoms. The molecule has 0 aliphatic rings. The fourth-order valence-electron chi connectivity index (χ4n) is 11.8. The number of aromatic nitrogens is 2. The van der Waals surface area contributed by atoms with E-state index in [9.17, 15) is 0 Å². The molecule has 0 radical (unpaired) electrons. The van der Waals surface area contributed by atoms with E-state index in [0.717, 1.165) is 109 Å². The molecular formula is C78H128N2O4. The number of rotatable bonds is 59. The van der Waals surface area contributed by atoms with E-state index in [-0.39, 0.29) is 0 Å². The first-order chi connectivity index (χ1) is 41.6. The second-order valence-electron chi connectivity index (χ2n) is 25.2. The lowest BCUT2D eigenvalue weighted by Crippen LogP contribution is -2.01. The number of unbranched alkanes of at least 4 members (excludes halogenated alkanes) is 44. The van der Waals surface area contributed by atoms with Gasteiger partial charge in [-0.25, -0.2) is 0 Å². The highest BCUT2D eigenvalue weighted by Gasteiger charge is 2.13. The highest BCUT2D eigenvalue weighted by molar-refractivity contribution is 5.75. The highest BCUT2D eigenvalue weighted by Crippen LogP contribution is 2.35. The minimum absolute atomic E-state index is 0.717. The van der Waals surface area contributed by atoms with Crippen LogP contribution in [0.4, 0.5) is 0 Å². The predicted octanol–water partition coefficient (Wildman–Crippen LogP) is 25.8. The Bertz CT molecular complexity index is 1870. The van der Waals surface area contributed by atoms with Crippen LogP contribution in [-0.2, 0) is 0 Å². The van der Waals surface area contributed by atoms with Gasteiger partial charge in [0.05, 0.1) is 37.8 Å². The Morgan fingerprint density at radius 2 is 0.405 bits per heavy atom. The Morgan fingerprint density at radius 3 is 0.607 bits per heavy atom. The zero-order valence-corrected chi connectivity index (χ0v) is 55.2. The van der Waals surface area contributed by atoms with Gasteiger partial charge in [0.2, 0.25) is 0 Å². The molecule has 2 aromatic heterocycles. The van der Waals surface area contributed by atoms with Gasteiger partial charge in [-0.1, -0.05) is 310 Å². The molecule has 0 amide bonds. The van der Waals surface area contributed by atoms with Gasteiger partial charge in [-0.3, -0.25) is 9.97 Å². The molecule has 0 bridgehead atoms. The van der Waals surface area contributed by atoms with Gasteiger partial charge in [-0.05, 0) is 96.5 Å². The van der Waals surface area contributed by atoms with Crippen LogP contribution in [0.5, 0.6) is 23.0 Å². The molecule has 4 rings (SSSR count). The Morgan fingerprint density at radius 1 is 0.214 bits per heavy atom. The molecule has 0 saturated carbocycles. The van der Waals surface area contributed by atoms with E-state index in [1.165, 1.54) is 283 Å². The largest absolute Gasteiger partial charge is 0.493 e. The van der Waals surface area contributed by atoms with Crippen molar-refractivity contribution in [1.82, 2.24) is 9.97 Å². The van der Waals surface area contributed by atoms with Crippen LogP contribution in [0.1, 0.15) is 336 Å². The van der Waals surface area contributed by atoms with Crippen molar-refractivity contribution < 1.29 is 18.9 Å². The first-order valence-corrected chi connectivity index (χ1v) is 36.4. The van der Waals surface area contributed by atoms with Crippen molar-refractivity contribution in [1.29, 1.82) is 0 Å². The zero-order chi connectivity index (χ0) is 59.3. The Hall–Kier alpha value is -4.06. The Balaban J connectivity index is 1.39. The van der Waals surface area contributed by atoms with Crippen LogP contribution < -0.4 is 18.9 Å². The quantitative estimate of drug-likeness (QED) is 0.0411. The maximum Gasteiger partial charge on any atom is 0.123 e. The summed E-state index contributed by atoms with van der Waals surface area (Å²) in [6, 6.07) is 21.5. The summed E-state index contributed by atoms with van der Waals surface area (Å²) in [7, 11) is 0. The van der Waals surface area contributed by atoms with Crippen LogP contribution >= 0.6 is 0 Å². The highest BCUT2D eigenvalue weighted by atomic mass is 16.5. The van der Waals surface area contributed by atoms with E-state index >= 15 is 0 Å². The topological polar surface area (TPSA) is 62.7 Å². The van der Waals surface area contributed by atoms with Crippen molar-refractivity contribution in [2.75, 3.05) is 26.4 Å². The van der Waals surface area contributed by atoms with Crippen LogP contribution in [0.25, 0.3) is 33.6 Å². The molecule has 0 N–H and O–H groups in total.